The molecule has 2 amide bonds. The zero-order chi connectivity index (χ0) is 30.2. The summed E-state index contributed by atoms with van der Waals surface area (Å²) in [6, 6.07) is 16.7. The summed E-state index contributed by atoms with van der Waals surface area (Å²) in [5, 5.41) is 3.97. The average molecular weight is 639 g/mol. The van der Waals surface area contributed by atoms with Gasteiger partial charge in [0.1, 0.15) is 12.6 Å². The normalized spacial score (nSPS) is 12.0. The van der Waals surface area contributed by atoms with Crippen LogP contribution in [0.1, 0.15) is 44.2 Å². The van der Waals surface area contributed by atoms with Gasteiger partial charge in [0.05, 0.1) is 10.6 Å². The monoisotopic (exact) mass is 637 g/mol. The van der Waals surface area contributed by atoms with Crippen LogP contribution >= 0.6 is 34.8 Å². The van der Waals surface area contributed by atoms with E-state index in [0.717, 1.165) is 22.7 Å². The number of aryl methyl sites for hydroxylation is 1. The lowest BCUT2D eigenvalue weighted by molar-refractivity contribution is -0.140. The van der Waals surface area contributed by atoms with Crippen LogP contribution in [0.25, 0.3) is 0 Å². The highest BCUT2D eigenvalue weighted by Gasteiger charge is 2.34. The maximum absolute atomic E-state index is 14.1. The highest BCUT2D eigenvalue weighted by atomic mass is 35.5. The summed E-state index contributed by atoms with van der Waals surface area (Å²) in [7, 11) is -4.19. The smallest absolute Gasteiger partial charge is 0.264 e. The van der Waals surface area contributed by atoms with Gasteiger partial charge in [-0.05, 0) is 67.8 Å². The largest absolute Gasteiger partial charge is 0.354 e. The number of amides is 2. The molecule has 220 valence electrons. The lowest BCUT2D eigenvalue weighted by atomic mass is 10.1. The molecule has 0 radical (unpaired) electrons. The van der Waals surface area contributed by atoms with E-state index in [4.69, 9.17) is 34.8 Å². The van der Waals surface area contributed by atoms with Crippen molar-refractivity contribution in [3.63, 3.8) is 0 Å². The highest BCUT2D eigenvalue weighted by molar-refractivity contribution is 7.92. The summed E-state index contributed by atoms with van der Waals surface area (Å²) >= 11 is 18.8. The number of hydrogen-bond donors (Lipinski definition) is 1. The van der Waals surface area contributed by atoms with Gasteiger partial charge in [-0.1, -0.05) is 84.9 Å². The molecule has 41 heavy (non-hydrogen) atoms. The number of carbonyl (C=O) groups is 2. The third-order valence-corrected chi connectivity index (χ3v) is 9.17. The number of halogens is 3. The van der Waals surface area contributed by atoms with Crippen LogP contribution < -0.4 is 9.62 Å². The van der Waals surface area contributed by atoms with E-state index in [1.54, 1.807) is 55.5 Å². The quantitative estimate of drug-likeness (QED) is 0.207. The number of sulfonamides is 1. The van der Waals surface area contributed by atoms with Crippen LogP contribution in [0.3, 0.4) is 0 Å². The molecule has 0 unspecified atom stereocenters. The molecule has 11 heteroatoms. The third kappa shape index (κ3) is 8.61. The van der Waals surface area contributed by atoms with E-state index in [2.05, 4.69) is 5.32 Å². The van der Waals surface area contributed by atoms with Gasteiger partial charge in [-0.2, -0.15) is 0 Å². The summed E-state index contributed by atoms with van der Waals surface area (Å²) < 4.78 is 28.8. The second-order valence-corrected chi connectivity index (χ2v) is 12.8. The molecule has 1 N–H and O–H groups in total. The van der Waals surface area contributed by atoms with Crippen molar-refractivity contribution >= 4 is 62.3 Å². The molecule has 3 aromatic rings. The summed E-state index contributed by atoms with van der Waals surface area (Å²) in [5.74, 6) is -0.903. The van der Waals surface area contributed by atoms with Crippen LogP contribution in [0.4, 0.5) is 5.69 Å². The summed E-state index contributed by atoms with van der Waals surface area (Å²) in [6.45, 7) is 5.53. The van der Waals surface area contributed by atoms with Gasteiger partial charge in [-0.25, -0.2) is 8.42 Å². The molecular formula is C30H34Cl3N3O4S. The van der Waals surface area contributed by atoms with E-state index in [0.29, 0.717) is 33.6 Å². The zero-order valence-corrected chi connectivity index (χ0v) is 26.3. The molecule has 7 nitrogen and oxygen atoms in total. The topological polar surface area (TPSA) is 86.8 Å². The molecule has 0 saturated heterocycles. The fourth-order valence-electron chi connectivity index (χ4n) is 4.26. The van der Waals surface area contributed by atoms with E-state index >= 15 is 0 Å². The zero-order valence-electron chi connectivity index (χ0n) is 23.2. The minimum Gasteiger partial charge on any atom is -0.354 e. The van der Waals surface area contributed by atoms with E-state index in [-0.39, 0.29) is 23.0 Å². The van der Waals surface area contributed by atoms with Crippen molar-refractivity contribution in [2.24, 2.45) is 0 Å². The molecule has 0 saturated carbocycles. The number of nitrogens with one attached hydrogen (secondary N) is 1. The van der Waals surface area contributed by atoms with Gasteiger partial charge in [-0.15, -0.1) is 0 Å². The van der Waals surface area contributed by atoms with Gasteiger partial charge >= 0.3 is 0 Å². The van der Waals surface area contributed by atoms with Crippen molar-refractivity contribution in [3.8, 4) is 0 Å². The van der Waals surface area contributed by atoms with Crippen LogP contribution in [-0.2, 0) is 26.2 Å². The molecule has 3 rings (SSSR count). The standard InChI is InChI=1S/C30H34Cl3N3O4S/c1-4-6-16-34-30(38)28(5-2)35(19-22-12-13-24(32)18-27(22)33)29(37)20-36(25-9-7-8-23(31)17-25)41(39,40)26-14-10-21(3)11-15-26/h7-15,17-18,28H,4-6,16,19-20H2,1-3H3,(H,34,38)/t28-/m1/s1. The Morgan fingerprint density at radius 1 is 0.927 bits per heavy atom. The Balaban J connectivity index is 2.06. The average Bonchev–Trinajstić information content (AvgIpc) is 2.93. The van der Waals surface area contributed by atoms with Crippen molar-refractivity contribution < 1.29 is 18.0 Å². The first-order valence-electron chi connectivity index (χ1n) is 13.3. The number of benzene rings is 3. The third-order valence-electron chi connectivity index (χ3n) is 6.56. The number of hydrogen-bond acceptors (Lipinski definition) is 4. The van der Waals surface area contributed by atoms with E-state index in [9.17, 15) is 18.0 Å². The van der Waals surface area contributed by atoms with Gasteiger partial charge in [0, 0.05) is 28.2 Å². The van der Waals surface area contributed by atoms with Gasteiger partial charge in [0.25, 0.3) is 10.0 Å². The van der Waals surface area contributed by atoms with Crippen molar-refractivity contribution in [2.45, 2.75) is 57.5 Å². The van der Waals surface area contributed by atoms with E-state index < -0.39 is 28.5 Å². The van der Waals surface area contributed by atoms with Crippen molar-refractivity contribution in [1.29, 1.82) is 0 Å². The number of anilines is 1. The molecule has 0 aromatic heterocycles. The predicted molar refractivity (Wildman–Crippen MR) is 166 cm³/mol. The lowest BCUT2D eigenvalue weighted by Gasteiger charge is -2.33. The minimum absolute atomic E-state index is 0.0209. The Hall–Kier alpha value is -2.78. The van der Waals surface area contributed by atoms with Crippen LogP contribution in [0.5, 0.6) is 0 Å². The molecule has 0 fully saturated rings. The minimum atomic E-state index is -4.19. The van der Waals surface area contributed by atoms with Crippen molar-refractivity contribution in [1.82, 2.24) is 10.2 Å². The fraction of sp³-hybridized carbons (Fsp3) is 0.333. The number of nitrogens with zero attached hydrogens (tertiary/aromatic N) is 2. The second kappa shape index (κ2) is 14.9. The van der Waals surface area contributed by atoms with Crippen LogP contribution in [-0.4, -0.2) is 44.3 Å². The second-order valence-electron chi connectivity index (χ2n) is 9.63. The molecule has 0 bridgehead atoms. The maximum Gasteiger partial charge on any atom is 0.264 e. The summed E-state index contributed by atoms with van der Waals surface area (Å²) in [6.07, 6.45) is 1.98. The molecule has 3 aromatic carbocycles. The summed E-state index contributed by atoms with van der Waals surface area (Å²) in [4.78, 5) is 28.8. The first-order chi connectivity index (χ1) is 19.5. The predicted octanol–water partition coefficient (Wildman–Crippen LogP) is 6.87. The van der Waals surface area contributed by atoms with Crippen molar-refractivity contribution in [2.75, 3.05) is 17.4 Å². The number of rotatable bonds is 13. The lowest BCUT2D eigenvalue weighted by Crippen LogP contribution is -2.52. The highest BCUT2D eigenvalue weighted by Crippen LogP contribution is 2.28. The first-order valence-corrected chi connectivity index (χ1v) is 15.9. The Labute approximate surface area is 257 Å². The van der Waals surface area contributed by atoms with Crippen LogP contribution in [0.15, 0.2) is 71.6 Å². The SMILES string of the molecule is CCCCNC(=O)[C@@H](CC)N(Cc1ccc(Cl)cc1Cl)C(=O)CN(c1cccc(Cl)c1)S(=O)(=O)c1ccc(C)cc1. The molecule has 0 heterocycles. The van der Waals surface area contributed by atoms with Gasteiger partial charge < -0.3 is 10.2 Å². The molecule has 0 aliphatic heterocycles. The Bertz CT molecular complexity index is 1470. The van der Waals surface area contributed by atoms with Crippen molar-refractivity contribution in [3.05, 3.63) is 92.9 Å². The Morgan fingerprint density at radius 3 is 2.22 bits per heavy atom. The molecule has 0 aliphatic carbocycles. The van der Waals surface area contributed by atoms with Gasteiger partial charge in [-0.3, -0.25) is 13.9 Å². The van der Waals surface area contributed by atoms with Crippen LogP contribution in [0, 0.1) is 6.92 Å². The summed E-state index contributed by atoms with van der Waals surface area (Å²) in [5.41, 5.74) is 1.68. The Morgan fingerprint density at radius 2 is 1.61 bits per heavy atom. The Kier molecular flexibility index (Phi) is 11.9. The van der Waals surface area contributed by atoms with E-state index in [1.807, 2.05) is 13.8 Å². The number of unbranched alkanes of at least 4 members (excludes halogenated alkanes) is 1. The van der Waals surface area contributed by atoms with Crippen LogP contribution in [0.2, 0.25) is 15.1 Å². The fourth-order valence-corrected chi connectivity index (χ4v) is 6.32. The molecule has 0 aliphatic rings. The number of carbonyl (C=O) groups excluding carboxylic acids is 2. The van der Waals surface area contributed by atoms with Gasteiger partial charge in [0.15, 0.2) is 0 Å². The van der Waals surface area contributed by atoms with E-state index in [1.165, 1.54) is 23.1 Å². The molecular weight excluding hydrogens is 605 g/mol. The molecule has 0 spiro atoms. The first kappa shape index (κ1) is 32.7. The maximum atomic E-state index is 14.1. The van der Waals surface area contributed by atoms with Gasteiger partial charge in [0.2, 0.25) is 11.8 Å². The molecule has 1 atom stereocenters.